The van der Waals surface area contributed by atoms with Crippen LogP contribution in [0, 0.1) is 0 Å². The first-order chi connectivity index (χ1) is 10.4. The second-order valence-corrected chi connectivity index (χ2v) is 7.41. The molecule has 1 aromatic rings. The maximum atomic E-state index is 6.11. The fourth-order valence-electron chi connectivity index (χ4n) is 3.36. The van der Waals surface area contributed by atoms with Crippen molar-refractivity contribution in [3.05, 3.63) is 34.9 Å². The van der Waals surface area contributed by atoms with Crippen LogP contribution in [0.3, 0.4) is 0 Å². The monoisotopic (exact) mass is 303 g/mol. The molecular formula is C19H33N3. The van der Waals surface area contributed by atoms with Gasteiger partial charge in [-0.05, 0) is 35.2 Å². The molecule has 0 fully saturated rings. The topological polar surface area (TPSA) is 32.5 Å². The normalized spacial score (nSPS) is 19.0. The summed E-state index contributed by atoms with van der Waals surface area (Å²) in [6.45, 7) is 17.5. The van der Waals surface area contributed by atoms with Crippen LogP contribution in [0.15, 0.2) is 18.2 Å². The van der Waals surface area contributed by atoms with Gasteiger partial charge in [-0.15, -0.1) is 0 Å². The van der Waals surface area contributed by atoms with Gasteiger partial charge < -0.3 is 10.6 Å². The lowest BCUT2D eigenvalue weighted by Crippen LogP contribution is -2.36. The largest absolute Gasteiger partial charge is 0.329 e. The number of rotatable bonds is 6. The van der Waals surface area contributed by atoms with Gasteiger partial charge in [-0.25, -0.2) is 0 Å². The van der Waals surface area contributed by atoms with Crippen molar-refractivity contribution in [2.24, 2.45) is 5.73 Å². The van der Waals surface area contributed by atoms with E-state index in [0.29, 0.717) is 12.6 Å². The number of hydrogen-bond acceptors (Lipinski definition) is 3. The molecule has 0 spiro atoms. The Hall–Kier alpha value is -0.900. The Balaban J connectivity index is 2.14. The molecule has 22 heavy (non-hydrogen) atoms. The highest BCUT2D eigenvalue weighted by Gasteiger charge is 2.30. The minimum Gasteiger partial charge on any atom is -0.329 e. The first-order valence-corrected chi connectivity index (χ1v) is 8.70. The van der Waals surface area contributed by atoms with Gasteiger partial charge in [0.25, 0.3) is 0 Å². The molecule has 3 nitrogen and oxygen atoms in total. The highest BCUT2D eigenvalue weighted by molar-refractivity contribution is 5.40. The predicted octanol–water partition coefficient (Wildman–Crippen LogP) is 3.14. The van der Waals surface area contributed by atoms with Crippen molar-refractivity contribution >= 4 is 0 Å². The Morgan fingerprint density at radius 3 is 2.45 bits per heavy atom. The van der Waals surface area contributed by atoms with E-state index in [-0.39, 0.29) is 5.41 Å². The van der Waals surface area contributed by atoms with Gasteiger partial charge >= 0.3 is 0 Å². The summed E-state index contributed by atoms with van der Waals surface area (Å²) in [5.41, 5.74) is 10.6. The summed E-state index contributed by atoms with van der Waals surface area (Å²) in [7, 11) is 0. The number of fused-ring (bicyclic) bond motifs is 1. The van der Waals surface area contributed by atoms with E-state index in [0.717, 1.165) is 32.7 Å². The third-order valence-corrected chi connectivity index (χ3v) is 5.01. The smallest absolute Gasteiger partial charge is 0.0477 e. The molecule has 0 radical (unpaired) electrons. The zero-order valence-corrected chi connectivity index (χ0v) is 15.0. The van der Waals surface area contributed by atoms with Crippen molar-refractivity contribution < 1.29 is 0 Å². The lowest BCUT2D eigenvalue weighted by Gasteiger charge is -2.27. The van der Waals surface area contributed by atoms with Crippen molar-refractivity contribution in [1.29, 1.82) is 0 Å². The van der Waals surface area contributed by atoms with Crippen molar-refractivity contribution in [2.75, 3.05) is 32.7 Å². The Morgan fingerprint density at radius 2 is 1.91 bits per heavy atom. The minimum absolute atomic E-state index is 0.197. The predicted molar refractivity (Wildman–Crippen MR) is 95.1 cm³/mol. The molecule has 124 valence electrons. The van der Waals surface area contributed by atoms with Crippen LogP contribution in [0.4, 0.5) is 0 Å². The molecular weight excluding hydrogens is 270 g/mol. The van der Waals surface area contributed by atoms with Gasteiger partial charge in [-0.3, -0.25) is 4.90 Å². The van der Waals surface area contributed by atoms with Crippen LogP contribution >= 0.6 is 0 Å². The van der Waals surface area contributed by atoms with Gasteiger partial charge in [-0.1, -0.05) is 52.8 Å². The number of nitrogens with two attached hydrogens (primary N) is 1. The van der Waals surface area contributed by atoms with Crippen LogP contribution in [0.5, 0.6) is 0 Å². The van der Waals surface area contributed by atoms with Crippen LogP contribution in [-0.4, -0.2) is 42.5 Å². The third kappa shape index (κ3) is 3.70. The molecule has 0 amide bonds. The summed E-state index contributed by atoms with van der Waals surface area (Å²) in [5.74, 6) is 0. The fraction of sp³-hybridized carbons (Fsp3) is 0.684. The Kier molecular flexibility index (Phi) is 5.65. The van der Waals surface area contributed by atoms with E-state index in [2.05, 4.69) is 62.6 Å². The van der Waals surface area contributed by atoms with Gasteiger partial charge in [0, 0.05) is 32.2 Å². The summed E-state index contributed by atoms with van der Waals surface area (Å²) < 4.78 is 0. The zero-order valence-electron chi connectivity index (χ0n) is 15.0. The molecule has 2 rings (SSSR count). The number of hydrogen-bond donors (Lipinski definition) is 1. The van der Waals surface area contributed by atoms with E-state index < -0.39 is 0 Å². The van der Waals surface area contributed by atoms with Crippen LogP contribution in [0.1, 0.15) is 57.4 Å². The fourth-order valence-corrected chi connectivity index (χ4v) is 3.36. The molecule has 3 heteroatoms. The lowest BCUT2D eigenvalue weighted by molar-refractivity contribution is 0.180. The molecule has 1 aliphatic heterocycles. The summed E-state index contributed by atoms with van der Waals surface area (Å²) >= 11 is 0. The Bertz CT molecular complexity index is 486. The minimum atomic E-state index is 0.197. The van der Waals surface area contributed by atoms with E-state index in [1.165, 1.54) is 16.7 Å². The zero-order chi connectivity index (χ0) is 16.3. The summed E-state index contributed by atoms with van der Waals surface area (Å²) in [6.07, 6.45) is 0. The maximum Gasteiger partial charge on any atom is 0.0477 e. The number of likely N-dealkylation sites (N-methyl/N-ethyl adjacent to an activating group) is 1. The van der Waals surface area contributed by atoms with E-state index in [1.807, 2.05) is 0 Å². The molecule has 0 aliphatic carbocycles. The first-order valence-electron chi connectivity index (χ1n) is 8.70. The highest BCUT2D eigenvalue weighted by Crippen LogP contribution is 2.35. The molecule has 0 saturated heterocycles. The second kappa shape index (κ2) is 7.12. The molecule has 0 saturated carbocycles. The average Bonchev–Trinajstić information content (AvgIpc) is 2.83. The maximum absolute atomic E-state index is 6.11. The van der Waals surface area contributed by atoms with Crippen LogP contribution in [0.2, 0.25) is 0 Å². The summed E-state index contributed by atoms with van der Waals surface area (Å²) in [5, 5.41) is 0. The molecule has 2 N–H and O–H groups in total. The SMILES string of the molecule is CCN(CC)CCN1Cc2ccc(C(C)(C)C)cc2C1CN. The van der Waals surface area contributed by atoms with E-state index in [1.54, 1.807) is 0 Å². The summed E-state index contributed by atoms with van der Waals surface area (Å²) in [4.78, 5) is 5.03. The van der Waals surface area contributed by atoms with Gasteiger partial charge in [0.15, 0.2) is 0 Å². The van der Waals surface area contributed by atoms with Gasteiger partial charge in [-0.2, -0.15) is 0 Å². The van der Waals surface area contributed by atoms with Crippen LogP contribution in [0.25, 0.3) is 0 Å². The van der Waals surface area contributed by atoms with Gasteiger partial charge in [0.1, 0.15) is 0 Å². The molecule has 0 bridgehead atoms. The average molecular weight is 303 g/mol. The summed E-state index contributed by atoms with van der Waals surface area (Å²) in [6, 6.07) is 7.38. The number of benzene rings is 1. The highest BCUT2D eigenvalue weighted by atomic mass is 15.2. The van der Waals surface area contributed by atoms with Gasteiger partial charge in [0.05, 0.1) is 0 Å². The van der Waals surface area contributed by atoms with E-state index in [4.69, 9.17) is 5.73 Å². The van der Waals surface area contributed by atoms with Gasteiger partial charge in [0.2, 0.25) is 0 Å². The Morgan fingerprint density at radius 1 is 1.23 bits per heavy atom. The van der Waals surface area contributed by atoms with Crippen LogP contribution in [-0.2, 0) is 12.0 Å². The van der Waals surface area contributed by atoms with Crippen LogP contribution < -0.4 is 5.73 Å². The van der Waals surface area contributed by atoms with Crippen molar-refractivity contribution in [3.8, 4) is 0 Å². The molecule has 1 aromatic carbocycles. The molecule has 1 aliphatic rings. The second-order valence-electron chi connectivity index (χ2n) is 7.41. The molecule has 0 aromatic heterocycles. The van der Waals surface area contributed by atoms with Crippen molar-refractivity contribution in [2.45, 2.75) is 52.6 Å². The molecule has 1 atom stereocenters. The van der Waals surface area contributed by atoms with Crippen molar-refractivity contribution in [3.63, 3.8) is 0 Å². The standard InChI is InChI=1S/C19H33N3/c1-6-21(7-2)10-11-22-14-15-8-9-16(19(3,4)5)12-17(15)18(22)13-20/h8-9,12,18H,6-7,10-11,13-14,20H2,1-5H3. The molecule has 1 heterocycles. The van der Waals surface area contributed by atoms with Crippen molar-refractivity contribution in [1.82, 2.24) is 9.80 Å². The Labute approximate surface area is 136 Å². The first kappa shape index (κ1) is 17.5. The molecule has 1 unspecified atom stereocenters. The van der Waals surface area contributed by atoms with E-state index >= 15 is 0 Å². The lowest BCUT2D eigenvalue weighted by atomic mass is 9.85. The number of nitrogens with zero attached hydrogens (tertiary/aromatic N) is 2. The third-order valence-electron chi connectivity index (χ3n) is 5.01. The quantitative estimate of drug-likeness (QED) is 0.876. The van der Waals surface area contributed by atoms with E-state index in [9.17, 15) is 0 Å².